The van der Waals surface area contributed by atoms with Crippen LogP contribution < -0.4 is 0 Å². The molecule has 0 radical (unpaired) electrons. The lowest BCUT2D eigenvalue weighted by Crippen LogP contribution is -2.20. The first-order valence-electron chi connectivity index (χ1n) is 8.26. The van der Waals surface area contributed by atoms with E-state index in [2.05, 4.69) is 15.9 Å². The number of rotatable bonds is 6. The number of nitro groups is 1. The highest BCUT2D eigenvalue weighted by Gasteiger charge is 2.27. The van der Waals surface area contributed by atoms with Gasteiger partial charge in [0.2, 0.25) is 5.78 Å². The van der Waals surface area contributed by atoms with Gasteiger partial charge < -0.3 is 4.74 Å². The Bertz CT molecular complexity index is 1020. The van der Waals surface area contributed by atoms with Gasteiger partial charge in [-0.3, -0.25) is 14.9 Å². The van der Waals surface area contributed by atoms with E-state index in [9.17, 15) is 19.7 Å². The Hall–Kier alpha value is -3.32. The summed E-state index contributed by atoms with van der Waals surface area (Å²) in [5.41, 5.74) is 0.624. The summed E-state index contributed by atoms with van der Waals surface area (Å²) >= 11 is 3.07. The molecule has 0 fully saturated rings. The molecular weight excluding hydrogens is 426 g/mol. The van der Waals surface area contributed by atoms with Crippen molar-refractivity contribution in [3.63, 3.8) is 0 Å². The predicted molar refractivity (Wildman–Crippen MR) is 106 cm³/mol. The number of hydrogen-bond donors (Lipinski definition) is 0. The molecule has 0 heterocycles. The molecule has 0 aliphatic heterocycles. The first kappa shape index (κ1) is 19.4. The number of benzene rings is 3. The fourth-order valence-electron chi connectivity index (χ4n) is 2.61. The Morgan fingerprint density at radius 2 is 1.50 bits per heavy atom. The molecule has 0 saturated heterocycles. The van der Waals surface area contributed by atoms with Crippen LogP contribution in [0.4, 0.5) is 5.69 Å². The van der Waals surface area contributed by atoms with Crippen LogP contribution in [0.5, 0.6) is 0 Å². The van der Waals surface area contributed by atoms with Crippen LogP contribution in [0.3, 0.4) is 0 Å². The Morgan fingerprint density at radius 3 is 2.11 bits per heavy atom. The lowest BCUT2D eigenvalue weighted by molar-refractivity contribution is -0.385. The summed E-state index contributed by atoms with van der Waals surface area (Å²) in [5.74, 6) is -1.21. The van der Waals surface area contributed by atoms with Crippen LogP contribution in [-0.2, 0) is 4.74 Å². The maximum absolute atomic E-state index is 12.9. The number of halogens is 1. The topological polar surface area (TPSA) is 86.5 Å². The summed E-state index contributed by atoms with van der Waals surface area (Å²) in [6, 6.07) is 21.0. The molecule has 0 unspecified atom stereocenters. The second kappa shape index (κ2) is 8.58. The Morgan fingerprint density at radius 1 is 0.893 bits per heavy atom. The van der Waals surface area contributed by atoms with Gasteiger partial charge in [-0.25, -0.2) is 4.79 Å². The monoisotopic (exact) mass is 439 g/mol. The number of hydrogen-bond acceptors (Lipinski definition) is 5. The van der Waals surface area contributed by atoms with Crippen LogP contribution in [0.25, 0.3) is 0 Å². The second-order valence-corrected chi connectivity index (χ2v) is 6.70. The molecule has 3 aromatic rings. The molecule has 0 aliphatic rings. The van der Waals surface area contributed by atoms with Crippen molar-refractivity contribution in [1.82, 2.24) is 0 Å². The molecule has 1 atom stereocenters. The molecule has 0 spiro atoms. The maximum atomic E-state index is 12.9. The zero-order valence-corrected chi connectivity index (χ0v) is 16.0. The number of nitrogens with zero attached hydrogens (tertiary/aromatic N) is 1. The Kier molecular flexibility index (Phi) is 5.96. The standard InChI is InChI=1S/C21H14BrNO5/c22-17-12-11-16(13-18(17)23(26)27)21(25)28-20(15-9-5-2-6-10-15)19(24)14-7-3-1-4-8-14/h1-13,20H/t20-/m0/s1. The van der Waals surface area contributed by atoms with Crippen molar-refractivity contribution < 1.29 is 19.2 Å². The number of esters is 1. The third-order valence-electron chi connectivity index (χ3n) is 4.00. The average molecular weight is 440 g/mol. The summed E-state index contributed by atoms with van der Waals surface area (Å²) in [6.07, 6.45) is -1.17. The molecule has 0 N–H and O–H groups in total. The molecular formula is C21H14BrNO5. The van der Waals surface area contributed by atoms with E-state index in [1.165, 1.54) is 12.1 Å². The van der Waals surface area contributed by atoms with Gasteiger partial charge in [-0.2, -0.15) is 0 Å². The van der Waals surface area contributed by atoms with E-state index in [4.69, 9.17) is 4.74 Å². The van der Waals surface area contributed by atoms with E-state index in [0.717, 1.165) is 6.07 Å². The number of ether oxygens (including phenoxy) is 1. The lowest BCUT2D eigenvalue weighted by atomic mass is 10.00. The molecule has 0 aromatic heterocycles. The van der Waals surface area contributed by atoms with Gasteiger partial charge in [0.1, 0.15) is 0 Å². The summed E-state index contributed by atoms with van der Waals surface area (Å²) in [5, 5.41) is 11.1. The van der Waals surface area contributed by atoms with E-state index in [-0.39, 0.29) is 21.5 Å². The minimum Gasteiger partial charge on any atom is -0.445 e. The van der Waals surface area contributed by atoms with Crippen LogP contribution in [0.2, 0.25) is 0 Å². The molecule has 7 heteroatoms. The summed E-state index contributed by atoms with van der Waals surface area (Å²) in [6.45, 7) is 0. The molecule has 0 bridgehead atoms. The van der Waals surface area contributed by atoms with Crippen molar-refractivity contribution >= 4 is 33.4 Å². The predicted octanol–water partition coefficient (Wildman–Crippen LogP) is 5.14. The van der Waals surface area contributed by atoms with Crippen molar-refractivity contribution in [2.24, 2.45) is 0 Å². The van der Waals surface area contributed by atoms with Crippen LogP contribution in [0.15, 0.2) is 83.3 Å². The van der Waals surface area contributed by atoms with Crippen LogP contribution in [0.1, 0.15) is 32.4 Å². The molecule has 28 heavy (non-hydrogen) atoms. The van der Waals surface area contributed by atoms with Gasteiger partial charge in [-0.15, -0.1) is 0 Å². The van der Waals surface area contributed by atoms with Crippen molar-refractivity contribution in [2.75, 3.05) is 0 Å². The highest BCUT2D eigenvalue weighted by atomic mass is 79.9. The number of nitro benzene ring substituents is 1. The van der Waals surface area contributed by atoms with Crippen LogP contribution in [-0.4, -0.2) is 16.7 Å². The van der Waals surface area contributed by atoms with Crippen molar-refractivity contribution in [3.8, 4) is 0 Å². The van der Waals surface area contributed by atoms with Crippen molar-refractivity contribution in [1.29, 1.82) is 0 Å². The normalized spacial score (nSPS) is 11.5. The average Bonchev–Trinajstić information content (AvgIpc) is 2.72. The fraction of sp³-hybridized carbons (Fsp3) is 0.0476. The van der Waals surface area contributed by atoms with Gasteiger partial charge in [-0.05, 0) is 28.1 Å². The maximum Gasteiger partial charge on any atom is 0.339 e. The largest absolute Gasteiger partial charge is 0.445 e. The molecule has 0 amide bonds. The van der Waals surface area contributed by atoms with E-state index >= 15 is 0 Å². The molecule has 0 aliphatic carbocycles. The zero-order chi connectivity index (χ0) is 20.1. The molecule has 0 saturated carbocycles. The van der Waals surface area contributed by atoms with E-state index in [0.29, 0.717) is 11.1 Å². The molecule has 140 valence electrons. The zero-order valence-electron chi connectivity index (χ0n) is 14.4. The van der Waals surface area contributed by atoms with Gasteiger partial charge in [0, 0.05) is 17.2 Å². The molecule has 3 aromatic carbocycles. The second-order valence-electron chi connectivity index (χ2n) is 5.85. The van der Waals surface area contributed by atoms with E-state index in [1.807, 2.05) is 0 Å². The van der Waals surface area contributed by atoms with Crippen molar-refractivity contribution in [3.05, 3.63) is 110 Å². The third kappa shape index (κ3) is 4.32. The minimum absolute atomic E-state index is 0.0170. The quantitative estimate of drug-likeness (QED) is 0.229. The van der Waals surface area contributed by atoms with Crippen LogP contribution >= 0.6 is 15.9 Å². The first-order valence-corrected chi connectivity index (χ1v) is 9.06. The summed E-state index contributed by atoms with van der Waals surface area (Å²) in [7, 11) is 0. The van der Waals surface area contributed by atoms with Gasteiger partial charge in [0.05, 0.1) is 15.0 Å². The van der Waals surface area contributed by atoms with E-state index in [1.54, 1.807) is 60.7 Å². The van der Waals surface area contributed by atoms with Gasteiger partial charge in [0.15, 0.2) is 6.10 Å². The van der Waals surface area contributed by atoms with Gasteiger partial charge in [0.25, 0.3) is 5.69 Å². The number of ketones is 1. The van der Waals surface area contributed by atoms with Crippen molar-refractivity contribution in [2.45, 2.75) is 6.10 Å². The third-order valence-corrected chi connectivity index (χ3v) is 4.67. The smallest absolute Gasteiger partial charge is 0.339 e. The van der Waals surface area contributed by atoms with E-state index < -0.39 is 17.0 Å². The Balaban J connectivity index is 1.94. The fourth-order valence-corrected chi connectivity index (χ4v) is 3.00. The van der Waals surface area contributed by atoms with Gasteiger partial charge >= 0.3 is 5.97 Å². The van der Waals surface area contributed by atoms with Gasteiger partial charge in [-0.1, -0.05) is 60.7 Å². The highest BCUT2D eigenvalue weighted by Crippen LogP contribution is 2.28. The Labute approximate surface area is 169 Å². The van der Waals surface area contributed by atoms with Crippen LogP contribution in [0, 0.1) is 10.1 Å². The first-order chi connectivity index (χ1) is 13.5. The number of carbonyl (C=O) groups is 2. The lowest BCUT2D eigenvalue weighted by Gasteiger charge is -2.17. The summed E-state index contributed by atoms with van der Waals surface area (Å²) < 4.78 is 5.73. The minimum atomic E-state index is -1.17. The SMILES string of the molecule is O=C(O[C@H](C(=O)c1ccccc1)c1ccccc1)c1ccc(Br)c([N+](=O)[O-])c1. The number of carbonyl (C=O) groups excluding carboxylic acids is 2. The molecule has 3 rings (SSSR count). The summed E-state index contributed by atoms with van der Waals surface area (Å²) in [4.78, 5) is 36.1. The molecule has 6 nitrogen and oxygen atoms in total. The number of Topliss-reactive ketones (excluding diaryl/α,β-unsaturated/α-hetero) is 1. The highest BCUT2D eigenvalue weighted by molar-refractivity contribution is 9.10.